The largest absolute Gasteiger partial charge is 0.405 e. The Hall–Kier alpha value is -0.500. The Morgan fingerprint density at radius 2 is 2.11 bits per heavy atom. The van der Waals surface area contributed by atoms with Crippen LogP contribution in [-0.2, 0) is 0 Å². The second-order valence-corrected chi connectivity index (χ2v) is 2.26. The maximum atomic E-state index is 5.31. The van der Waals surface area contributed by atoms with Gasteiger partial charge in [0.2, 0.25) is 0 Å². The first kappa shape index (κ1) is 8.50. The van der Waals surface area contributed by atoms with E-state index in [0.717, 1.165) is 25.8 Å². The molecule has 0 aliphatic heterocycles. The highest BCUT2D eigenvalue weighted by molar-refractivity contribution is 4.93. The van der Waals surface area contributed by atoms with Crippen LogP contribution in [0.3, 0.4) is 0 Å². The number of allylic oxidation sites excluding steroid dienone is 1. The standard InChI is InChI=1S/C7H16N2/c1-7(6-9)4-2-3-5-8/h6H,2-5,8-9H2,1H3/b7-6+. The third-order valence-corrected chi connectivity index (χ3v) is 1.31. The lowest BCUT2D eigenvalue weighted by Gasteiger charge is -1.96. The molecule has 0 radical (unpaired) electrons. The zero-order valence-electron chi connectivity index (χ0n) is 6.06. The minimum Gasteiger partial charge on any atom is -0.405 e. The number of rotatable bonds is 4. The topological polar surface area (TPSA) is 52.0 Å². The van der Waals surface area contributed by atoms with E-state index >= 15 is 0 Å². The van der Waals surface area contributed by atoms with Gasteiger partial charge in [0.15, 0.2) is 0 Å². The second kappa shape index (κ2) is 5.63. The number of hydrogen-bond donors (Lipinski definition) is 2. The maximum Gasteiger partial charge on any atom is -0.00733 e. The summed E-state index contributed by atoms with van der Waals surface area (Å²) in [6.45, 7) is 2.83. The molecule has 0 heterocycles. The zero-order chi connectivity index (χ0) is 7.11. The van der Waals surface area contributed by atoms with E-state index in [-0.39, 0.29) is 0 Å². The first-order chi connectivity index (χ1) is 4.31. The van der Waals surface area contributed by atoms with Crippen LogP contribution in [0.1, 0.15) is 26.2 Å². The molecule has 54 valence electrons. The molecule has 0 unspecified atom stereocenters. The van der Waals surface area contributed by atoms with Crippen molar-refractivity contribution >= 4 is 0 Å². The van der Waals surface area contributed by atoms with Crippen LogP contribution in [-0.4, -0.2) is 6.54 Å². The van der Waals surface area contributed by atoms with E-state index in [9.17, 15) is 0 Å². The molecular weight excluding hydrogens is 112 g/mol. The van der Waals surface area contributed by atoms with E-state index in [4.69, 9.17) is 11.5 Å². The number of nitrogens with two attached hydrogens (primary N) is 2. The minimum atomic E-state index is 0.790. The van der Waals surface area contributed by atoms with Gasteiger partial charge >= 0.3 is 0 Å². The molecule has 4 N–H and O–H groups in total. The molecule has 0 amide bonds. The fourth-order valence-electron chi connectivity index (χ4n) is 0.632. The van der Waals surface area contributed by atoms with Crippen molar-refractivity contribution in [2.75, 3.05) is 6.54 Å². The molecule has 0 spiro atoms. The Bertz CT molecular complexity index is 86.9. The smallest absolute Gasteiger partial charge is 0.00733 e. The van der Waals surface area contributed by atoms with Gasteiger partial charge in [-0.3, -0.25) is 0 Å². The predicted octanol–water partition coefficient (Wildman–Crippen LogP) is 0.978. The summed E-state index contributed by atoms with van der Waals surface area (Å²) in [7, 11) is 0. The Balaban J connectivity index is 3.07. The first-order valence-electron chi connectivity index (χ1n) is 3.38. The molecule has 0 fully saturated rings. The average molecular weight is 128 g/mol. The van der Waals surface area contributed by atoms with Crippen LogP contribution < -0.4 is 11.5 Å². The maximum absolute atomic E-state index is 5.31. The van der Waals surface area contributed by atoms with Gasteiger partial charge in [-0.15, -0.1) is 0 Å². The van der Waals surface area contributed by atoms with Crippen molar-refractivity contribution in [3.63, 3.8) is 0 Å². The first-order valence-corrected chi connectivity index (χ1v) is 3.38. The molecule has 0 aliphatic rings. The Morgan fingerprint density at radius 1 is 1.44 bits per heavy atom. The van der Waals surface area contributed by atoms with Gasteiger partial charge in [0.25, 0.3) is 0 Å². The Kier molecular flexibility index (Phi) is 5.32. The van der Waals surface area contributed by atoms with Crippen LogP contribution >= 0.6 is 0 Å². The fraction of sp³-hybridized carbons (Fsp3) is 0.714. The molecule has 0 aromatic carbocycles. The van der Waals surface area contributed by atoms with E-state index in [2.05, 4.69) is 0 Å². The van der Waals surface area contributed by atoms with Gasteiger partial charge in [0.1, 0.15) is 0 Å². The molecule has 2 nitrogen and oxygen atoms in total. The van der Waals surface area contributed by atoms with Gasteiger partial charge in [-0.1, -0.05) is 5.57 Å². The quantitative estimate of drug-likeness (QED) is 0.554. The molecule has 2 heteroatoms. The second-order valence-electron chi connectivity index (χ2n) is 2.26. The summed E-state index contributed by atoms with van der Waals surface area (Å²) >= 11 is 0. The van der Waals surface area contributed by atoms with Crippen LogP contribution in [0.2, 0.25) is 0 Å². The summed E-state index contributed by atoms with van der Waals surface area (Å²) in [5, 5.41) is 0. The molecule has 0 bridgehead atoms. The summed E-state index contributed by atoms with van der Waals surface area (Å²) in [5.74, 6) is 0. The third-order valence-electron chi connectivity index (χ3n) is 1.31. The van der Waals surface area contributed by atoms with Crippen LogP contribution in [0.5, 0.6) is 0 Å². The normalized spacial score (nSPS) is 12.0. The van der Waals surface area contributed by atoms with Gasteiger partial charge in [-0.05, 0) is 38.9 Å². The van der Waals surface area contributed by atoms with Crippen molar-refractivity contribution < 1.29 is 0 Å². The van der Waals surface area contributed by atoms with Crippen LogP contribution in [0.4, 0.5) is 0 Å². The van der Waals surface area contributed by atoms with Gasteiger partial charge in [-0.2, -0.15) is 0 Å². The number of hydrogen-bond acceptors (Lipinski definition) is 2. The Labute approximate surface area is 56.9 Å². The van der Waals surface area contributed by atoms with Crippen molar-refractivity contribution in [2.24, 2.45) is 11.5 Å². The molecule has 0 atom stereocenters. The average Bonchev–Trinajstić information content (AvgIpc) is 1.89. The monoisotopic (exact) mass is 128 g/mol. The highest BCUT2D eigenvalue weighted by atomic mass is 14.5. The van der Waals surface area contributed by atoms with Crippen molar-refractivity contribution in [3.05, 3.63) is 11.8 Å². The molecule has 0 aromatic rings. The van der Waals surface area contributed by atoms with Crippen LogP contribution in [0.15, 0.2) is 11.8 Å². The molecule has 0 rings (SSSR count). The Morgan fingerprint density at radius 3 is 2.56 bits per heavy atom. The SMILES string of the molecule is C/C(=C\N)CCCCN. The van der Waals surface area contributed by atoms with Crippen molar-refractivity contribution in [2.45, 2.75) is 26.2 Å². The predicted molar refractivity (Wildman–Crippen MR) is 40.8 cm³/mol. The molecule has 0 saturated carbocycles. The third kappa shape index (κ3) is 5.37. The van der Waals surface area contributed by atoms with Gasteiger partial charge in [-0.25, -0.2) is 0 Å². The van der Waals surface area contributed by atoms with Crippen LogP contribution in [0.25, 0.3) is 0 Å². The zero-order valence-corrected chi connectivity index (χ0v) is 6.06. The van der Waals surface area contributed by atoms with Crippen molar-refractivity contribution in [1.29, 1.82) is 0 Å². The highest BCUT2D eigenvalue weighted by Crippen LogP contribution is 2.02. The van der Waals surface area contributed by atoms with E-state index in [1.165, 1.54) is 5.57 Å². The summed E-state index contributed by atoms with van der Waals surface area (Å²) in [6, 6.07) is 0. The molecule has 0 aliphatic carbocycles. The van der Waals surface area contributed by atoms with E-state index in [1.807, 2.05) is 6.92 Å². The fourth-order valence-corrected chi connectivity index (χ4v) is 0.632. The summed E-state index contributed by atoms with van der Waals surface area (Å²) in [4.78, 5) is 0. The molecule has 0 saturated heterocycles. The van der Waals surface area contributed by atoms with Crippen molar-refractivity contribution in [3.8, 4) is 0 Å². The van der Waals surface area contributed by atoms with E-state index < -0.39 is 0 Å². The van der Waals surface area contributed by atoms with Gasteiger partial charge in [0.05, 0.1) is 0 Å². The minimum absolute atomic E-state index is 0.790. The summed E-state index contributed by atoms with van der Waals surface area (Å²) in [6.07, 6.45) is 5.02. The van der Waals surface area contributed by atoms with Crippen LogP contribution in [0, 0.1) is 0 Å². The lowest BCUT2D eigenvalue weighted by Crippen LogP contribution is -1.98. The molecular formula is C7H16N2. The van der Waals surface area contributed by atoms with Crippen molar-refractivity contribution in [1.82, 2.24) is 0 Å². The van der Waals surface area contributed by atoms with Gasteiger partial charge in [0, 0.05) is 0 Å². The highest BCUT2D eigenvalue weighted by Gasteiger charge is 1.87. The van der Waals surface area contributed by atoms with Gasteiger partial charge < -0.3 is 11.5 Å². The van der Waals surface area contributed by atoms with E-state index in [0.29, 0.717) is 0 Å². The lowest BCUT2D eigenvalue weighted by atomic mass is 10.1. The summed E-state index contributed by atoms with van der Waals surface area (Å²) in [5.41, 5.74) is 11.8. The lowest BCUT2D eigenvalue weighted by molar-refractivity contribution is 0.738. The molecule has 0 aromatic heterocycles. The molecule has 9 heavy (non-hydrogen) atoms. The number of unbranched alkanes of at least 4 members (excludes halogenated alkanes) is 1. The summed E-state index contributed by atoms with van der Waals surface area (Å²) < 4.78 is 0. The van der Waals surface area contributed by atoms with E-state index in [1.54, 1.807) is 6.20 Å².